The minimum atomic E-state index is -1.06. The topological polar surface area (TPSA) is 66.4 Å². The van der Waals surface area contributed by atoms with E-state index in [0.29, 0.717) is 16.5 Å². The van der Waals surface area contributed by atoms with Gasteiger partial charge in [-0.05, 0) is 39.5 Å². The minimum absolute atomic E-state index is 0.0512. The molecule has 4 nitrogen and oxygen atoms in total. The molecule has 0 aromatic heterocycles. The lowest BCUT2D eigenvalue weighted by molar-refractivity contribution is -0.143. The molecule has 2 N–H and O–H groups in total. The normalized spacial score (nSPS) is 13.6. The van der Waals surface area contributed by atoms with Gasteiger partial charge in [-0.15, -0.1) is 0 Å². The number of carbonyl (C=O) groups excluding carboxylic acids is 1. The van der Waals surface area contributed by atoms with Crippen molar-refractivity contribution in [3.8, 4) is 0 Å². The summed E-state index contributed by atoms with van der Waals surface area (Å²) in [7, 11) is 0. The van der Waals surface area contributed by atoms with Crippen molar-refractivity contribution in [2.75, 3.05) is 0 Å². The van der Waals surface area contributed by atoms with Gasteiger partial charge in [0, 0.05) is 0 Å². The number of carbonyl (C=O) groups is 2. The Bertz CT molecular complexity index is 507. The molecule has 110 valence electrons. The number of hydrogen-bond acceptors (Lipinski definition) is 2. The van der Waals surface area contributed by atoms with Crippen LogP contribution in [0.5, 0.6) is 0 Å². The van der Waals surface area contributed by atoms with Crippen molar-refractivity contribution in [2.45, 2.75) is 32.7 Å². The number of carboxylic acid groups (broad SMARTS) is 1. The number of halogens is 2. The Labute approximate surface area is 125 Å². The fourth-order valence-electron chi connectivity index (χ4n) is 1.74. The van der Waals surface area contributed by atoms with Crippen LogP contribution >= 0.6 is 15.9 Å². The molecule has 0 bridgehead atoms. The Balaban J connectivity index is 2.70. The van der Waals surface area contributed by atoms with Crippen molar-refractivity contribution in [1.29, 1.82) is 0 Å². The van der Waals surface area contributed by atoms with Crippen molar-refractivity contribution in [3.05, 3.63) is 34.1 Å². The summed E-state index contributed by atoms with van der Waals surface area (Å²) in [4.78, 5) is 22.9. The summed E-state index contributed by atoms with van der Waals surface area (Å²) in [6.07, 6.45) is 0.592. The molecule has 20 heavy (non-hydrogen) atoms. The molecule has 1 aromatic carbocycles. The van der Waals surface area contributed by atoms with E-state index >= 15 is 0 Å². The molecule has 0 aliphatic heterocycles. The zero-order valence-electron chi connectivity index (χ0n) is 11.3. The molecule has 6 heteroatoms. The van der Waals surface area contributed by atoms with Crippen LogP contribution in [0.15, 0.2) is 22.7 Å². The molecule has 0 heterocycles. The number of amides is 1. The average Bonchev–Trinajstić information content (AvgIpc) is 2.39. The Morgan fingerprint density at radius 3 is 2.60 bits per heavy atom. The van der Waals surface area contributed by atoms with Crippen LogP contribution in [0.1, 0.15) is 25.8 Å². The predicted molar refractivity (Wildman–Crippen MR) is 76.8 cm³/mol. The zero-order valence-corrected chi connectivity index (χ0v) is 12.9. The summed E-state index contributed by atoms with van der Waals surface area (Å²) >= 11 is 3.03. The molecule has 1 rings (SSSR count). The highest BCUT2D eigenvalue weighted by molar-refractivity contribution is 9.10. The molecule has 0 aliphatic carbocycles. The number of rotatable bonds is 6. The van der Waals surface area contributed by atoms with Crippen molar-refractivity contribution in [3.63, 3.8) is 0 Å². The van der Waals surface area contributed by atoms with Gasteiger partial charge in [0.1, 0.15) is 11.9 Å². The maximum atomic E-state index is 13.3. The first-order chi connectivity index (χ1) is 9.35. The van der Waals surface area contributed by atoms with E-state index in [0.717, 1.165) is 0 Å². The van der Waals surface area contributed by atoms with Gasteiger partial charge in [0.15, 0.2) is 0 Å². The maximum Gasteiger partial charge on any atom is 0.326 e. The van der Waals surface area contributed by atoms with Gasteiger partial charge in [0.25, 0.3) is 0 Å². The quantitative estimate of drug-likeness (QED) is 0.832. The molecule has 2 atom stereocenters. The van der Waals surface area contributed by atoms with E-state index in [1.165, 1.54) is 12.1 Å². The van der Waals surface area contributed by atoms with Gasteiger partial charge in [-0.3, -0.25) is 4.79 Å². The standard InChI is InChI=1S/C14H17BrFNO3/c1-3-8(2)13(14(19)20)17-12(18)7-9-4-5-10(15)11(16)6-9/h4-6,8,13H,3,7H2,1-2H3,(H,17,18)(H,19,20)/t8-,13-/m0/s1. The Morgan fingerprint density at radius 1 is 1.45 bits per heavy atom. The van der Waals surface area contributed by atoms with E-state index < -0.39 is 23.7 Å². The summed E-state index contributed by atoms with van der Waals surface area (Å²) in [5.74, 6) is -2.11. The van der Waals surface area contributed by atoms with Gasteiger partial charge in [0.2, 0.25) is 5.91 Å². The van der Waals surface area contributed by atoms with Gasteiger partial charge < -0.3 is 10.4 Å². The fourth-order valence-corrected chi connectivity index (χ4v) is 1.99. The number of carboxylic acids is 1. The first-order valence-corrected chi connectivity index (χ1v) is 7.10. The molecule has 0 radical (unpaired) electrons. The molecular formula is C14H17BrFNO3. The molecule has 0 saturated carbocycles. The number of benzene rings is 1. The van der Waals surface area contributed by atoms with E-state index in [-0.39, 0.29) is 12.3 Å². The van der Waals surface area contributed by atoms with Crippen LogP contribution in [0.2, 0.25) is 0 Å². The van der Waals surface area contributed by atoms with Crippen molar-refractivity contribution in [1.82, 2.24) is 5.32 Å². The Morgan fingerprint density at radius 2 is 2.10 bits per heavy atom. The summed E-state index contributed by atoms with van der Waals surface area (Å²) < 4.78 is 13.7. The van der Waals surface area contributed by atoms with Crippen molar-refractivity contribution in [2.24, 2.45) is 5.92 Å². The highest BCUT2D eigenvalue weighted by Gasteiger charge is 2.25. The minimum Gasteiger partial charge on any atom is -0.480 e. The van der Waals surface area contributed by atoms with E-state index in [1.807, 2.05) is 6.92 Å². The Kier molecular flexibility index (Phi) is 6.13. The molecule has 1 amide bonds. The third kappa shape index (κ3) is 4.59. The van der Waals surface area contributed by atoms with Crippen LogP contribution in [0.3, 0.4) is 0 Å². The fraction of sp³-hybridized carbons (Fsp3) is 0.429. The molecular weight excluding hydrogens is 329 g/mol. The van der Waals surface area contributed by atoms with Crippen LogP contribution in [0.4, 0.5) is 4.39 Å². The first-order valence-electron chi connectivity index (χ1n) is 6.31. The van der Waals surface area contributed by atoms with Gasteiger partial charge in [-0.1, -0.05) is 26.3 Å². The molecule has 0 saturated heterocycles. The largest absolute Gasteiger partial charge is 0.480 e. The van der Waals surface area contributed by atoms with E-state index in [9.17, 15) is 14.0 Å². The van der Waals surface area contributed by atoms with Crippen LogP contribution in [0.25, 0.3) is 0 Å². The lowest BCUT2D eigenvalue weighted by Gasteiger charge is -2.20. The van der Waals surface area contributed by atoms with E-state index in [2.05, 4.69) is 21.2 Å². The zero-order chi connectivity index (χ0) is 15.3. The monoisotopic (exact) mass is 345 g/mol. The summed E-state index contributed by atoms with van der Waals surface area (Å²) in [6.45, 7) is 3.62. The lowest BCUT2D eigenvalue weighted by atomic mass is 9.99. The summed E-state index contributed by atoms with van der Waals surface area (Å²) in [5.41, 5.74) is 0.497. The summed E-state index contributed by atoms with van der Waals surface area (Å²) in [6, 6.07) is 3.46. The predicted octanol–water partition coefficient (Wildman–Crippen LogP) is 2.75. The first kappa shape index (κ1) is 16.6. The van der Waals surface area contributed by atoms with E-state index in [4.69, 9.17) is 5.11 Å². The average molecular weight is 346 g/mol. The summed E-state index contributed by atoms with van der Waals surface area (Å²) in [5, 5.41) is 11.6. The molecule has 0 unspecified atom stereocenters. The third-order valence-corrected chi connectivity index (χ3v) is 3.79. The van der Waals surface area contributed by atoms with Gasteiger partial charge in [-0.25, -0.2) is 9.18 Å². The number of nitrogens with one attached hydrogen (secondary N) is 1. The van der Waals surface area contributed by atoms with E-state index in [1.54, 1.807) is 13.0 Å². The molecule has 1 aromatic rings. The molecule has 0 fully saturated rings. The SMILES string of the molecule is CC[C@H](C)[C@H](NC(=O)Cc1ccc(Br)c(F)c1)C(=O)O. The Hall–Kier alpha value is -1.43. The highest BCUT2D eigenvalue weighted by Crippen LogP contribution is 2.17. The highest BCUT2D eigenvalue weighted by atomic mass is 79.9. The number of aliphatic carboxylic acids is 1. The van der Waals surface area contributed by atoms with Gasteiger partial charge in [0.05, 0.1) is 10.9 Å². The number of hydrogen-bond donors (Lipinski definition) is 2. The second-order valence-corrected chi connectivity index (χ2v) is 5.55. The van der Waals surface area contributed by atoms with Crippen molar-refractivity contribution >= 4 is 27.8 Å². The van der Waals surface area contributed by atoms with Crippen LogP contribution in [-0.4, -0.2) is 23.0 Å². The molecule has 0 spiro atoms. The lowest BCUT2D eigenvalue weighted by Crippen LogP contribution is -2.45. The van der Waals surface area contributed by atoms with Crippen LogP contribution < -0.4 is 5.32 Å². The van der Waals surface area contributed by atoms with Gasteiger partial charge in [-0.2, -0.15) is 0 Å². The maximum absolute atomic E-state index is 13.3. The van der Waals surface area contributed by atoms with Gasteiger partial charge >= 0.3 is 5.97 Å². The van der Waals surface area contributed by atoms with Crippen LogP contribution in [-0.2, 0) is 16.0 Å². The smallest absolute Gasteiger partial charge is 0.326 e. The van der Waals surface area contributed by atoms with Crippen molar-refractivity contribution < 1.29 is 19.1 Å². The second-order valence-electron chi connectivity index (χ2n) is 4.69. The van der Waals surface area contributed by atoms with Crippen LogP contribution in [0, 0.1) is 11.7 Å². The third-order valence-electron chi connectivity index (χ3n) is 3.14. The second kappa shape index (κ2) is 7.38. The molecule has 0 aliphatic rings.